The highest BCUT2D eigenvalue weighted by atomic mass is 16.5. The van der Waals surface area contributed by atoms with Crippen LogP contribution in [0.15, 0.2) is 84.0 Å². The largest absolute Gasteiger partial charge is 0.494 e. The summed E-state index contributed by atoms with van der Waals surface area (Å²) >= 11 is 0. The molecule has 5 heteroatoms. The van der Waals surface area contributed by atoms with E-state index in [1.807, 2.05) is 68.4 Å². The van der Waals surface area contributed by atoms with E-state index in [-0.39, 0.29) is 5.91 Å². The van der Waals surface area contributed by atoms with Crippen molar-refractivity contribution in [1.29, 1.82) is 0 Å². The fourth-order valence-corrected chi connectivity index (χ4v) is 2.57. The second-order valence-corrected chi connectivity index (χ2v) is 6.45. The van der Waals surface area contributed by atoms with Gasteiger partial charge in [-0.3, -0.25) is 4.79 Å². The molecule has 1 N–H and O–H groups in total. The average Bonchev–Trinajstić information content (AvgIpc) is 2.77. The molecule has 0 aliphatic carbocycles. The monoisotopic (exact) mass is 388 g/mol. The molecule has 5 nitrogen and oxygen atoms in total. The zero-order valence-electron chi connectivity index (χ0n) is 16.6. The predicted molar refractivity (Wildman–Crippen MR) is 115 cm³/mol. The van der Waals surface area contributed by atoms with Crippen molar-refractivity contribution in [1.82, 2.24) is 5.43 Å². The van der Waals surface area contributed by atoms with Gasteiger partial charge in [0.2, 0.25) is 0 Å². The molecule has 0 radical (unpaired) electrons. The van der Waals surface area contributed by atoms with E-state index in [9.17, 15) is 4.79 Å². The lowest BCUT2D eigenvalue weighted by Crippen LogP contribution is -2.19. The third kappa shape index (κ3) is 5.94. The van der Waals surface area contributed by atoms with Crippen molar-refractivity contribution in [2.24, 2.45) is 5.10 Å². The molecule has 3 rings (SSSR count). The van der Waals surface area contributed by atoms with Crippen LogP contribution in [0.1, 0.15) is 36.2 Å². The van der Waals surface area contributed by atoms with Crippen molar-refractivity contribution < 1.29 is 14.3 Å². The first-order valence-electron chi connectivity index (χ1n) is 9.56. The highest BCUT2D eigenvalue weighted by Gasteiger charge is 2.06. The highest BCUT2D eigenvalue weighted by molar-refractivity contribution is 6.00. The molecule has 0 fully saturated rings. The Hall–Kier alpha value is -3.60. The van der Waals surface area contributed by atoms with Crippen molar-refractivity contribution in [2.45, 2.75) is 20.3 Å². The minimum Gasteiger partial charge on any atom is -0.494 e. The summed E-state index contributed by atoms with van der Waals surface area (Å²) in [5, 5.41) is 4.20. The first-order chi connectivity index (χ1) is 14.2. The quantitative estimate of drug-likeness (QED) is 0.414. The van der Waals surface area contributed by atoms with Crippen LogP contribution in [-0.2, 0) is 0 Å². The summed E-state index contributed by atoms with van der Waals surface area (Å²) in [5.41, 5.74) is 4.71. The fourth-order valence-electron chi connectivity index (χ4n) is 2.57. The molecule has 0 aromatic heterocycles. The van der Waals surface area contributed by atoms with Gasteiger partial charge in [0, 0.05) is 5.56 Å². The van der Waals surface area contributed by atoms with E-state index in [1.165, 1.54) is 0 Å². The molecule has 3 aromatic rings. The molecule has 3 aromatic carbocycles. The second-order valence-electron chi connectivity index (χ2n) is 6.45. The van der Waals surface area contributed by atoms with Crippen LogP contribution in [-0.4, -0.2) is 18.2 Å². The molecule has 1 amide bonds. The summed E-state index contributed by atoms with van der Waals surface area (Å²) < 4.78 is 11.3. The molecule has 148 valence electrons. The Labute approximate surface area is 171 Å². The Kier molecular flexibility index (Phi) is 7.00. The molecule has 0 heterocycles. The van der Waals surface area contributed by atoms with Gasteiger partial charge in [-0.1, -0.05) is 25.1 Å². The number of carbonyl (C=O) groups excluding carboxylic acids is 1. The third-order valence-electron chi connectivity index (χ3n) is 4.17. The number of hydrogen-bond donors (Lipinski definition) is 1. The Morgan fingerprint density at radius 3 is 2.07 bits per heavy atom. The summed E-state index contributed by atoms with van der Waals surface area (Å²) in [6.45, 7) is 4.55. The van der Waals surface area contributed by atoms with Crippen LogP contribution >= 0.6 is 0 Å². The zero-order valence-corrected chi connectivity index (χ0v) is 16.6. The standard InChI is InChI=1S/C24H24N2O3/c1-3-17-28-21-13-11-20(12-14-21)24(27)26-25-18(2)19-9-15-23(16-10-19)29-22-7-5-4-6-8-22/h4-16H,3,17H2,1-2H3,(H,26,27)/b25-18+. The molecule has 0 spiro atoms. The van der Waals surface area contributed by atoms with E-state index in [0.29, 0.717) is 17.9 Å². The van der Waals surface area contributed by atoms with Gasteiger partial charge in [-0.2, -0.15) is 5.10 Å². The number of hydrogen-bond acceptors (Lipinski definition) is 4. The predicted octanol–water partition coefficient (Wildman–Crippen LogP) is 5.42. The van der Waals surface area contributed by atoms with Crippen molar-refractivity contribution >= 4 is 11.6 Å². The highest BCUT2D eigenvalue weighted by Crippen LogP contribution is 2.21. The minimum absolute atomic E-state index is 0.268. The number of benzene rings is 3. The molecule has 0 saturated heterocycles. The van der Waals surface area contributed by atoms with E-state index >= 15 is 0 Å². The van der Waals surface area contributed by atoms with Gasteiger partial charge in [0.05, 0.1) is 12.3 Å². The van der Waals surface area contributed by atoms with Crippen LogP contribution in [0.4, 0.5) is 0 Å². The fraction of sp³-hybridized carbons (Fsp3) is 0.167. The molecular formula is C24H24N2O3. The van der Waals surface area contributed by atoms with E-state index in [0.717, 1.165) is 29.2 Å². The van der Waals surface area contributed by atoms with Crippen LogP contribution in [0.5, 0.6) is 17.2 Å². The molecule has 0 aliphatic heterocycles. The van der Waals surface area contributed by atoms with Crippen molar-refractivity contribution in [2.75, 3.05) is 6.61 Å². The van der Waals surface area contributed by atoms with Gasteiger partial charge in [-0.15, -0.1) is 0 Å². The second kappa shape index (κ2) is 10.1. The first kappa shape index (κ1) is 20.1. The maximum Gasteiger partial charge on any atom is 0.271 e. The van der Waals surface area contributed by atoms with Crippen molar-refractivity contribution in [3.8, 4) is 17.2 Å². The Morgan fingerprint density at radius 1 is 0.828 bits per heavy atom. The molecule has 0 atom stereocenters. The van der Waals surface area contributed by atoms with Gasteiger partial charge in [-0.05, 0) is 79.6 Å². The summed E-state index contributed by atoms with van der Waals surface area (Å²) in [6, 6.07) is 24.2. The lowest BCUT2D eigenvalue weighted by Gasteiger charge is -2.07. The van der Waals surface area contributed by atoms with Gasteiger partial charge in [0.15, 0.2) is 0 Å². The van der Waals surface area contributed by atoms with Crippen molar-refractivity contribution in [3.05, 3.63) is 90.0 Å². The number of hydrazone groups is 1. The smallest absolute Gasteiger partial charge is 0.271 e. The van der Waals surface area contributed by atoms with Crippen LogP contribution < -0.4 is 14.9 Å². The Bertz CT molecular complexity index is 950. The first-order valence-corrected chi connectivity index (χ1v) is 9.56. The summed E-state index contributed by atoms with van der Waals surface area (Å²) in [5.74, 6) is 2.00. The normalized spacial score (nSPS) is 11.0. The van der Waals surface area contributed by atoms with Gasteiger partial charge < -0.3 is 9.47 Å². The zero-order chi connectivity index (χ0) is 20.5. The Balaban J connectivity index is 1.58. The number of nitrogens with zero attached hydrogens (tertiary/aromatic N) is 1. The van der Waals surface area contributed by atoms with Crippen LogP contribution in [0, 0.1) is 0 Å². The number of rotatable bonds is 8. The SMILES string of the molecule is CCCOc1ccc(C(=O)N/N=C(\C)c2ccc(Oc3ccccc3)cc2)cc1. The van der Waals surface area contributed by atoms with E-state index in [1.54, 1.807) is 24.3 Å². The number of nitrogens with one attached hydrogen (secondary N) is 1. The number of carbonyl (C=O) groups is 1. The molecular weight excluding hydrogens is 364 g/mol. The number of ether oxygens (including phenoxy) is 2. The topological polar surface area (TPSA) is 59.9 Å². The van der Waals surface area contributed by atoms with E-state index in [4.69, 9.17) is 9.47 Å². The molecule has 29 heavy (non-hydrogen) atoms. The lowest BCUT2D eigenvalue weighted by atomic mass is 10.1. The average molecular weight is 388 g/mol. The van der Waals surface area contributed by atoms with Crippen LogP contribution in [0.2, 0.25) is 0 Å². The molecule has 0 unspecified atom stereocenters. The number of para-hydroxylation sites is 1. The third-order valence-corrected chi connectivity index (χ3v) is 4.17. The van der Waals surface area contributed by atoms with Gasteiger partial charge in [-0.25, -0.2) is 5.43 Å². The summed E-state index contributed by atoms with van der Waals surface area (Å²) in [6.07, 6.45) is 0.940. The Morgan fingerprint density at radius 2 is 1.41 bits per heavy atom. The van der Waals surface area contributed by atoms with Gasteiger partial charge >= 0.3 is 0 Å². The lowest BCUT2D eigenvalue weighted by molar-refractivity contribution is 0.0955. The van der Waals surface area contributed by atoms with Gasteiger partial charge in [0.1, 0.15) is 17.2 Å². The summed E-state index contributed by atoms with van der Waals surface area (Å²) in [4.78, 5) is 12.3. The molecule has 0 aliphatic rings. The van der Waals surface area contributed by atoms with Gasteiger partial charge in [0.25, 0.3) is 5.91 Å². The number of amides is 1. The maximum absolute atomic E-state index is 12.3. The van der Waals surface area contributed by atoms with Crippen LogP contribution in [0.25, 0.3) is 0 Å². The van der Waals surface area contributed by atoms with E-state index in [2.05, 4.69) is 10.5 Å². The van der Waals surface area contributed by atoms with Crippen LogP contribution in [0.3, 0.4) is 0 Å². The summed E-state index contributed by atoms with van der Waals surface area (Å²) in [7, 11) is 0. The molecule has 0 saturated carbocycles. The maximum atomic E-state index is 12.3. The molecule has 0 bridgehead atoms. The van der Waals surface area contributed by atoms with Crippen molar-refractivity contribution in [3.63, 3.8) is 0 Å². The van der Waals surface area contributed by atoms with E-state index < -0.39 is 0 Å². The minimum atomic E-state index is -0.268.